The Labute approximate surface area is 228 Å². The maximum atomic E-state index is 14.3. The number of amides is 2. The lowest BCUT2D eigenvalue weighted by Gasteiger charge is -2.29. The monoisotopic (exact) mass is 534 g/mol. The smallest absolute Gasteiger partial charge is 0.276 e. The van der Waals surface area contributed by atoms with Crippen LogP contribution in [0.5, 0.6) is 0 Å². The second-order valence-corrected chi connectivity index (χ2v) is 10.1. The third-order valence-electron chi connectivity index (χ3n) is 6.38. The lowest BCUT2D eigenvalue weighted by molar-refractivity contribution is 0.0232. The standard InChI is InChI=1S/C29H35FN6O3/c1-19(2)15-32-27-8-7-21(16-33-27)18-39-35-29(38)26-14-24(17-31-20(26)3)34-28(37)22-11-23(30)13-25(12-22)36-9-5-4-6-10-36/h7-8,11-14,16-17,19H,4-6,9-10,15,18H2,1-3H3,(H,32,33)(H,34,37)(H,35,38). The molecule has 4 rings (SSSR count). The Morgan fingerprint density at radius 2 is 1.82 bits per heavy atom. The molecule has 3 aromatic rings. The van der Waals surface area contributed by atoms with Crippen molar-refractivity contribution >= 4 is 29.0 Å². The van der Waals surface area contributed by atoms with Crippen LogP contribution in [0.15, 0.2) is 48.8 Å². The second kappa shape index (κ2) is 13.1. The number of carbonyl (C=O) groups is 2. The summed E-state index contributed by atoms with van der Waals surface area (Å²) >= 11 is 0. The van der Waals surface area contributed by atoms with Crippen LogP contribution in [0.1, 0.15) is 65.1 Å². The van der Waals surface area contributed by atoms with Crippen molar-refractivity contribution in [2.45, 2.75) is 46.6 Å². The van der Waals surface area contributed by atoms with E-state index in [1.807, 2.05) is 12.1 Å². The van der Waals surface area contributed by atoms with Gasteiger partial charge in [0.05, 0.1) is 23.1 Å². The predicted octanol–water partition coefficient (Wildman–Crippen LogP) is 5.10. The van der Waals surface area contributed by atoms with Crippen LogP contribution in [0.2, 0.25) is 0 Å². The summed E-state index contributed by atoms with van der Waals surface area (Å²) < 4.78 is 14.3. The van der Waals surface area contributed by atoms with Crippen molar-refractivity contribution in [3.63, 3.8) is 0 Å². The largest absolute Gasteiger partial charge is 0.371 e. The number of rotatable bonds is 10. The van der Waals surface area contributed by atoms with Gasteiger partial charge < -0.3 is 15.5 Å². The van der Waals surface area contributed by atoms with Crippen molar-refractivity contribution < 1.29 is 18.8 Å². The number of aromatic nitrogens is 2. The number of halogens is 1. The van der Waals surface area contributed by atoms with Crippen LogP contribution in [-0.4, -0.2) is 41.4 Å². The molecule has 0 unspecified atom stereocenters. The van der Waals surface area contributed by atoms with Crippen molar-refractivity contribution in [3.8, 4) is 0 Å². The highest BCUT2D eigenvalue weighted by Crippen LogP contribution is 2.23. The molecule has 1 aliphatic rings. The molecule has 1 aliphatic heterocycles. The summed E-state index contributed by atoms with van der Waals surface area (Å²) in [7, 11) is 0. The van der Waals surface area contributed by atoms with Crippen LogP contribution < -0.4 is 21.0 Å². The Hall–Kier alpha value is -4.05. The number of pyridine rings is 2. The van der Waals surface area contributed by atoms with Crippen LogP contribution in [-0.2, 0) is 11.4 Å². The van der Waals surface area contributed by atoms with Gasteiger partial charge in [0, 0.05) is 37.1 Å². The molecular formula is C29H35FN6O3. The fourth-order valence-electron chi connectivity index (χ4n) is 4.24. The van der Waals surface area contributed by atoms with Gasteiger partial charge in [0.25, 0.3) is 11.8 Å². The van der Waals surface area contributed by atoms with E-state index in [0.29, 0.717) is 23.0 Å². The van der Waals surface area contributed by atoms with Crippen molar-refractivity contribution in [3.05, 3.63) is 77.0 Å². The van der Waals surface area contributed by atoms with E-state index in [4.69, 9.17) is 4.84 Å². The Morgan fingerprint density at radius 3 is 2.54 bits per heavy atom. The molecule has 0 atom stereocenters. The van der Waals surface area contributed by atoms with E-state index in [1.54, 1.807) is 19.2 Å². The number of aryl methyl sites for hydroxylation is 1. The minimum atomic E-state index is -0.502. The van der Waals surface area contributed by atoms with E-state index >= 15 is 0 Å². The van der Waals surface area contributed by atoms with Crippen molar-refractivity contribution in [1.29, 1.82) is 0 Å². The second-order valence-electron chi connectivity index (χ2n) is 10.1. The van der Waals surface area contributed by atoms with Crippen LogP contribution in [0, 0.1) is 18.7 Å². The molecule has 10 heteroatoms. The number of hydroxylamine groups is 1. The first-order chi connectivity index (χ1) is 18.8. The maximum Gasteiger partial charge on any atom is 0.276 e. The first-order valence-electron chi connectivity index (χ1n) is 13.2. The molecule has 2 aromatic heterocycles. The lowest BCUT2D eigenvalue weighted by atomic mass is 10.1. The summed E-state index contributed by atoms with van der Waals surface area (Å²) in [5, 5.41) is 5.96. The summed E-state index contributed by atoms with van der Waals surface area (Å²) in [5.41, 5.74) is 5.12. The van der Waals surface area contributed by atoms with E-state index < -0.39 is 17.6 Å². The van der Waals surface area contributed by atoms with Gasteiger partial charge in [-0.3, -0.25) is 19.4 Å². The zero-order valence-corrected chi connectivity index (χ0v) is 22.6. The quantitative estimate of drug-likeness (QED) is 0.311. The summed E-state index contributed by atoms with van der Waals surface area (Å²) in [5.74, 6) is -0.178. The summed E-state index contributed by atoms with van der Waals surface area (Å²) in [6, 6.07) is 9.58. The number of hydrogen-bond acceptors (Lipinski definition) is 7. The Bertz CT molecular complexity index is 1290. The lowest BCUT2D eigenvalue weighted by Crippen LogP contribution is -2.29. The van der Waals surface area contributed by atoms with Crippen LogP contribution in [0.25, 0.3) is 0 Å². The molecule has 3 heterocycles. The topological polar surface area (TPSA) is 108 Å². The first kappa shape index (κ1) is 28.0. The number of hydrogen-bond donors (Lipinski definition) is 3. The fourth-order valence-corrected chi connectivity index (χ4v) is 4.24. The fraction of sp³-hybridized carbons (Fsp3) is 0.379. The normalized spacial score (nSPS) is 13.3. The van der Waals surface area contributed by atoms with Gasteiger partial charge in [-0.05, 0) is 68.0 Å². The van der Waals surface area contributed by atoms with Crippen molar-refractivity contribution in [2.75, 3.05) is 35.2 Å². The van der Waals surface area contributed by atoms with Crippen molar-refractivity contribution in [2.24, 2.45) is 5.92 Å². The molecule has 1 fully saturated rings. The Morgan fingerprint density at radius 1 is 1.03 bits per heavy atom. The summed E-state index contributed by atoms with van der Waals surface area (Å²) in [6.45, 7) is 8.56. The van der Waals surface area contributed by atoms with E-state index in [-0.39, 0.29) is 17.7 Å². The number of benzene rings is 1. The van der Waals surface area contributed by atoms with E-state index in [2.05, 4.69) is 44.8 Å². The molecule has 9 nitrogen and oxygen atoms in total. The van der Waals surface area contributed by atoms with E-state index in [1.165, 1.54) is 24.4 Å². The van der Waals surface area contributed by atoms with E-state index in [9.17, 15) is 14.0 Å². The molecule has 0 radical (unpaired) electrons. The maximum absolute atomic E-state index is 14.3. The highest BCUT2D eigenvalue weighted by atomic mass is 19.1. The van der Waals surface area contributed by atoms with Gasteiger partial charge in [-0.2, -0.15) is 0 Å². The number of anilines is 3. The molecule has 206 valence electrons. The highest BCUT2D eigenvalue weighted by Gasteiger charge is 2.17. The van der Waals surface area contributed by atoms with Crippen LogP contribution in [0.3, 0.4) is 0 Å². The molecule has 0 aliphatic carbocycles. The Kier molecular flexibility index (Phi) is 9.43. The number of nitrogens with zero attached hydrogens (tertiary/aromatic N) is 3. The third kappa shape index (κ3) is 7.97. The van der Waals surface area contributed by atoms with Gasteiger partial charge in [-0.15, -0.1) is 0 Å². The average Bonchev–Trinajstić information content (AvgIpc) is 2.93. The number of carbonyl (C=O) groups excluding carboxylic acids is 2. The minimum Gasteiger partial charge on any atom is -0.371 e. The van der Waals surface area contributed by atoms with Gasteiger partial charge in [0.2, 0.25) is 0 Å². The number of nitrogens with one attached hydrogen (secondary N) is 3. The molecule has 0 bridgehead atoms. The first-order valence-corrected chi connectivity index (χ1v) is 13.2. The summed E-state index contributed by atoms with van der Waals surface area (Å²) in [6.07, 6.45) is 6.37. The molecule has 2 amide bonds. The zero-order chi connectivity index (χ0) is 27.8. The van der Waals surface area contributed by atoms with Gasteiger partial charge in [-0.1, -0.05) is 19.9 Å². The van der Waals surface area contributed by atoms with Crippen molar-refractivity contribution in [1.82, 2.24) is 15.4 Å². The van der Waals surface area contributed by atoms with Gasteiger partial charge in [0.1, 0.15) is 18.2 Å². The molecule has 1 aromatic carbocycles. The van der Waals surface area contributed by atoms with Crippen LogP contribution >= 0.6 is 0 Å². The predicted molar refractivity (Wildman–Crippen MR) is 149 cm³/mol. The SMILES string of the molecule is Cc1ncc(NC(=O)c2cc(F)cc(N3CCCCC3)c2)cc1C(=O)NOCc1ccc(NCC(C)C)nc1. The van der Waals surface area contributed by atoms with Gasteiger partial charge in [-0.25, -0.2) is 14.9 Å². The zero-order valence-electron chi connectivity index (χ0n) is 22.6. The van der Waals surface area contributed by atoms with Gasteiger partial charge in [0.15, 0.2) is 0 Å². The average molecular weight is 535 g/mol. The Balaban J connectivity index is 1.35. The number of piperidine rings is 1. The molecule has 39 heavy (non-hydrogen) atoms. The summed E-state index contributed by atoms with van der Waals surface area (Å²) in [4.78, 5) is 41.7. The molecule has 0 spiro atoms. The minimum absolute atomic E-state index is 0.130. The van der Waals surface area contributed by atoms with Crippen LogP contribution in [0.4, 0.5) is 21.6 Å². The molecule has 0 saturated carbocycles. The third-order valence-corrected chi connectivity index (χ3v) is 6.38. The van der Waals surface area contributed by atoms with Gasteiger partial charge >= 0.3 is 0 Å². The highest BCUT2D eigenvalue weighted by molar-refractivity contribution is 6.05. The molecule has 3 N–H and O–H groups in total. The molecule has 1 saturated heterocycles. The molecular weight excluding hydrogens is 499 g/mol. The van der Waals surface area contributed by atoms with E-state index in [0.717, 1.165) is 50.3 Å².